The lowest BCUT2D eigenvalue weighted by Gasteiger charge is -2.53. The first kappa shape index (κ1) is 39.3. The summed E-state index contributed by atoms with van der Waals surface area (Å²) >= 11 is 0. The molecule has 0 spiro atoms. The number of aromatic amines is 1. The number of nitrogens with one attached hydrogen (secondary N) is 2. The number of amides is 1. The molecule has 1 fully saturated rings. The highest BCUT2D eigenvalue weighted by Crippen LogP contribution is 2.41. The van der Waals surface area contributed by atoms with Crippen LogP contribution in [0.15, 0.2) is 121 Å². The Morgan fingerprint density at radius 3 is 1.87 bits per heavy atom. The fourth-order valence-electron chi connectivity index (χ4n) is 7.39. The van der Waals surface area contributed by atoms with E-state index in [-0.39, 0.29) is 32.1 Å². The van der Waals surface area contributed by atoms with Crippen LogP contribution in [0, 0.1) is 0 Å². The molecule has 4 aromatic carbocycles. The SMILES string of the molecule is CC(=O)NCCCCCCOC1C(OCc2ccccc2)C(OCc2ccccc2)C(OCc2ccccc2)C(O)(CCc2c[nH]c3ccccc23)C1O. The van der Waals surface area contributed by atoms with E-state index in [9.17, 15) is 15.0 Å². The molecule has 0 aliphatic heterocycles. The van der Waals surface area contributed by atoms with Gasteiger partial charge in [-0.15, -0.1) is 0 Å². The van der Waals surface area contributed by atoms with Crippen molar-refractivity contribution < 1.29 is 34.0 Å². The van der Waals surface area contributed by atoms with Crippen molar-refractivity contribution in [3.8, 4) is 0 Å². The van der Waals surface area contributed by atoms with Crippen LogP contribution in [0.2, 0.25) is 0 Å². The molecule has 1 saturated carbocycles. The average molecular weight is 735 g/mol. The number of ether oxygens (including phenoxy) is 4. The number of aliphatic hydroxyl groups is 2. The number of carbonyl (C=O) groups excluding carboxylic acids is 1. The number of hydrogen-bond donors (Lipinski definition) is 4. The monoisotopic (exact) mass is 734 g/mol. The highest BCUT2D eigenvalue weighted by atomic mass is 16.6. The molecule has 286 valence electrons. The maximum Gasteiger partial charge on any atom is 0.216 e. The van der Waals surface area contributed by atoms with E-state index in [4.69, 9.17) is 18.9 Å². The number of unbranched alkanes of at least 4 members (excludes halogenated alkanes) is 3. The molecule has 0 bridgehead atoms. The number of aryl methyl sites for hydroxylation is 1. The number of H-pyrrole nitrogens is 1. The number of rotatable bonds is 20. The van der Waals surface area contributed by atoms with Crippen molar-refractivity contribution in [3.05, 3.63) is 144 Å². The molecule has 6 rings (SSSR count). The van der Waals surface area contributed by atoms with Crippen molar-refractivity contribution in [1.29, 1.82) is 0 Å². The van der Waals surface area contributed by atoms with Gasteiger partial charge < -0.3 is 39.5 Å². The van der Waals surface area contributed by atoms with Crippen LogP contribution in [0.5, 0.6) is 0 Å². The van der Waals surface area contributed by atoms with Crippen molar-refractivity contribution >= 4 is 16.8 Å². The second kappa shape index (κ2) is 19.8. The zero-order valence-electron chi connectivity index (χ0n) is 31.1. The number of para-hydroxylation sites is 1. The minimum Gasteiger partial charge on any atom is -0.387 e. The fourth-order valence-corrected chi connectivity index (χ4v) is 7.39. The molecule has 9 nitrogen and oxygen atoms in total. The predicted molar refractivity (Wildman–Crippen MR) is 210 cm³/mol. The van der Waals surface area contributed by atoms with E-state index in [2.05, 4.69) is 16.4 Å². The lowest BCUT2D eigenvalue weighted by Crippen LogP contribution is -2.72. The van der Waals surface area contributed by atoms with Gasteiger partial charge >= 0.3 is 0 Å². The summed E-state index contributed by atoms with van der Waals surface area (Å²) in [6.45, 7) is 3.22. The van der Waals surface area contributed by atoms with Gasteiger partial charge in [-0.2, -0.15) is 0 Å². The van der Waals surface area contributed by atoms with E-state index in [1.54, 1.807) is 0 Å². The van der Waals surface area contributed by atoms with Gasteiger partial charge in [-0.1, -0.05) is 122 Å². The van der Waals surface area contributed by atoms with Gasteiger partial charge in [0.15, 0.2) is 0 Å². The third kappa shape index (κ3) is 10.4. The van der Waals surface area contributed by atoms with Crippen LogP contribution in [0.1, 0.15) is 61.3 Å². The molecule has 0 radical (unpaired) electrons. The summed E-state index contributed by atoms with van der Waals surface area (Å²) in [5, 5.41) is 29.4. The number of carbonyl (C=O) groups is 1. The van der Waals surface area contributed by atoms with Crippen LogP contribution in [-0.2, 0) is 50.0 Å². The molecule has 6 unspecified atom stereocenters. The van der Waals surface area contributed by atoms with E-state index in [1.165, 1.54) is 6.92 Å². The minimum atomic E-state index is -1.77. The maximum absolute atomic E-state index is 13.0. The average Bonchev–Trinajstić information content (AvgIpc) is 3.62. The summed E-state index contributed by atoms with van der Waals surface area (Å²) in [6.07, 6.45) is 1.23. The quantitative estimate of drug-likeness (QED) is 0.0633. The van der Waals surface area contributed by atoms with Crippen molar-refractivity contribution in [2.45, 2.75) is 101 Å². The number of aromatic nitrogens is 1. The lowest BCUT2D eigenvalue weighted by molar-refractivity contribution is -0.307. The minimum absolute atomic E-state index is 0.0292. The van der Waals surface area contributed by atoms with Gasteiger partial charge in [0, 0.05) is 37.2 Å². The number of benzene rings is 4. The summed E-state index contributed by atoms with van der Waals surface area (Å²) < 4.78 is 26.8. The highest BCUT2D eigenvalue weighted by Gasteiger charge is 2.61. The van der Waals surface area contributed by atoms with E-state index in [0.717, 1.165) is 58.8 Å². The maximum atomic E-state index is 13.0. The van der Waals surface area contributed by atoms with Crippen molar-refractivity contribution in [2.75, 3.05) is 13.2 Å². The Labute approximate surface area is 318 Å². The standard InChI is InChI=1S/C45H54N2O7/c1-33(48)46-27-15-2-3-16-28-51-41-40(52-30-34-17-7-4-8-18-34)42(53-31-35-19-9-5-10-20-35)44(54-32-36-21-11-6-12-22-36)45(50,43(41)49)26-25-37-29-47-39-24-14-13-23-38(37)39/h4-14,17-24,29,40-44,47,49-50H,2-3,15-16,25-28,30-32H2,1H3,(H,46,48). The smallest absolute Gasteiger partial charge is 0.216 e. The Hall–Kier alpha value is -4.35. The Morgan fingerprint density at radius 1 is 0.685 bits per heavy atom. The topological polar surface area (TPSA) is 122 Å². The molecule has 1 aliphatic carbocycles. The Bertz CT molecular complexity index is 1840. The molecule has 1 aromatic heterocycles. The van der Waals surface area contributed by atoms with Gasteiger partial charge in [-0.05, 0) is 54.0 Å². The van der Waals surface area contributed by atoms with Crippen molar-refractivity contribution in [1.82, 2.24) is 10.3 Å². The third-order valence-electron chi connectivity index (χ3n) is 10.3. The summed E-state index contributed by atoms with van der Waals surface area (Å²) in [7, 11) is 0. The van der Waals surface area contributed by atoms with Gasteiger partial charge in [0.25, 0.3) is 0 Å². The largest absolute Gasteiger partial charge is 0.387 e. The predicted octanol–water partition coefficient (Wildman–Crippen LogP) is 7.04. The molecule has 0 saturated heterocycles. The summed E-state index contributed by atoms with van der Waals surface area (Å²) in [6, 6.07) is 37.7. The van der Waals surface area contributed by atoms with E-state index in [1.807, 2.05) is 115 Å². The summed E-state index contributed by atoms with van der Waals surface area (Å²) in [5.74, 6) is -0.0292. The van der Waals surface area contributed by atoms with Crippen LogP contribution < -0.4 is 5.32 Å². The first-order chi connectivity index (χ1) is 26.4. The number of hydrogen-bond acceptors (Lipinski definition) is 7. The molecule has 9 heteroatoms. The molecule has 1 aliphatic rings. The summed E-state index contributed by atoms with van der Waals surface area (Å²) in [4.78, 5) is 14.6. The number of fused-ring (bicyclic) bond motifs is 1. The molecule has 4 N–H and O–H groups in total. The van der Waals surface area contributed by atoms with Gasteiger partial charge in [-0.25, -0.2) is 0 Å². The second-order valence-electron chi connectivity index (χ2n) is 14.3. The molecule has 6 atom stereocenters. The van der Waals surface area contributed by atoms with Crippen LogP contribution in [-0.4, -0.2) is 70.4 Å². The van der Waals surface area contributed by atoms with E-state index in [0.29, 0.717) is 19.6 Å². The van der Waals surface area contributed by atoms with Gasteiger partial charge in [0.2, 0.25) is 5.91 Å². The van der Waals surface area contributed by atoms with Gasteiger partial charge in [0.1, 0.15) is 36.1 Å². The third-order valence-corrected chi connectivity index (χ3v) is 10.3. The number of aliphatic hydroxyl groups excluding tert-OH is 1. The molecular formula is C45H54N2O7. The van der Waals surface area contributed by atoms with E-state index >= 15 is 0 Å². The second-order valence-corrected chi connectivity index (χ2v) is 14.3. The summed E-state index contributed by atoms with van der Waals surface area (Å²) in [5.41, 5.74) is 3.14. The van der Waals surface area contributed by atoms with Crippen LogP contribution in [0.4, 0.5) is 0 Å². The molecule has 1 amide bonds. The highest BCUT2D eigenvalue weighted by molar-refractivity contribution is 5.83. The Morgan fingerprint density at radius 2 is 1.24 bits per heavy atom. The van der Waals surface area contributed by atoms with E-state index < -0.39 is 36.1 Å². The Kier molecular flexibility index (Phi) is 14.4. The molecule has 54 heavy (non-hydrogen) atoms. The normalized spacial score (nSPS) is 22.7. The molecule has 5 aromatic rings. The van der Waals surface area contributed by atoms with Crippen LogP contribution in [0.3, 0.4) is 0 Å². The lowest BCUT2D eigenvalue weighted by atomic mass is 9.71. The zero-order chi connectivity index (χ0) is 37.6. The van der Waals surface area contributed by atoms with Crippen molar-refractivity contribution in [2.24, 2.45) is 0 Å². The fraction of sp³-hybridized carbons (Fsp3) is 0.400. The van der Waals surface area contributed by atoms with Crippen LogP contribution in [0.25, 0.3) is 10.9 Å². The van der Waals surface area contributed by atoms with Crippen LogP contribution >= 0.6 is 0 Å². The van der Waals surface area contributed by atoms with Gasteiger partial charge in [0.05, 0.1) is 19.8 Å². The first-order valence-corrected chi connectivity index (χ1v) is 19.2. The van der Waals surface area contributed by atoms with Gasteiger partial charge in [-0.3, -0.25) is 4.79 Å². The Balaban J connectivity index is 1.31. The molecular weight excluding hydrogens is 681 g/mol. The zero-order valence-corrected chi connectivity index (χ0v) is 31.1. The molecule has 1 heterocycles. The first-order valence-electron chi connectivity index (χ1n) is 19.2. The van der Waals surface area contributed by atoms with Crippen molar-refractivity contribution in [3.63, 3.8) is 0 Å².